The van der Waals surface area contributed by atoms with E-state index in [9.17, 15) is 9.59 Å². The Morgan fingerprint density at radius 2 is 2.28 bits per heavy atom. The summed E-state index contributed by atoms with van der Waals surface area (Å²) in [7, 11) is 1.73. The fourth-order valence-corrected chi connectivity index (χ4v) is 3.03. The number of carbonyl (C=O) groups is 2. The standard InChI is InChI=1S/C12H11N3O2S/c1-7(16)10-9-5-14(2)12(17)11-8(3-4-18-11)15(9)6-13-10/h3-4,6H,5H2,1-2H3. The second-order valence-electron chi connectivity index (χ2n) is 4.26. The minimum atomic E-state index is -0.0803. The minimum Gasteiger partial charge on any atom is -0.335 e. The molecular formula is C12H11N3O2S. The van der Waals surface area contributed by atoms with Gasteiger partial charge < -0.3 is 4.90 Å². The highest BCUT2D eigenvalue weighted by Gasteiger charge is 2.27. The van der Waals surface area contributed by atoms with E-state index in [4.69, 9.17) is 0 Å². The van der Waals surface area contributed by atoms with Gasteiger partial charge in [-0.15, -0.1) is 11.3 Å². The summed E-state index contributed by atoms with van der Waals surface area (Å²) in [6.07, 6.45) is 1.62. The van der Waals surface area contributed by atoms with Crippen LogP contribution in [0.3, 0.4) is 0 Å². The van der Waals surface area contributed by atoms with Crippen molar-refractivity contribution in [3.63, 3.8) is 0 Å². The summed E-state index contributed by atoms with van der Waals surface area (Å²) in [4.78, 5) is 30.2. The number of carbonyl (C=O) groups excluding carboxylic acids is 2. The van der Waals surface area contributed by atoms with E-state index in [1.807, 2.05) is 16.0 Å². The van der Waals surface area contributed by atoms with Crippen LogP contribution in [-0.2, 0) is 6.54 Å². The van der Waals surface area contributed by atoms with Crippen molar-refractivity contribution >= 4 is 23.0 Å². The highest BCUT2D eigenvalue weighted by atomic mass is 32.1. The Morgan fingerprint density at radius 1 is 1.50 bits per heavy atom. The van der Waals surface area contributed by atoms with Gasteiger partial charge >= 0.3 is 0 Å². The lowest BCUT2D eigenvalue weighted by Crippen LogP contribution is -2.25. The average Bonchev–Trinajstić information content (AvgIpc) is 2.91. The first-order valence-corrected chi connectivity index (χ1v) is 6.38. The molecule has 92 valence electrons. The molecule has 1 amide bonds. The van der Waals surface area contributed by atoms with Crippen molar-refractivity contribution in [1.82, 2.24) is 14.5 Å². The number of thiophene rings is 1. The lowest BCUT2D eigenvalue weighted by Gasteiger charge is -2.13. The van der Waals surface area contributed by atoms with Crippen molar-refractivity contribution in [3.05, 3.63) is 34.0 Å². The fraction of sp³-hybridized carbons (Fsp3) is 0.250. The molecule has 0 unspecified atom stereocenters. The van der Waals surface area contributed by atoms with Crippen molar-refractivity contribution in [2.45, 2.75) is 13.5 Å². The molecular weight excluding hydrogens is 250 g/mol. The zero-order chi connectivity index (χ0) is 12.9. The minimum absolute atomic E-state index is 0.0156. The number of hydrogen-bond donors (Lipinski definition) is 0. The van der Waals surface area contributed by atoms with Gasteiger partial charge in [0, 0.05) is 14.0 Å². The van der Waals surface area contributed by atoms with E-state index < -0.39 is 0 Å². The highest BCUT2D eigenvalue weighted by Crippen LogP contribution is 2.29. The third kappa shape index (κ3) is 1.42. The van der Waals surface area contributed by atoms with Crippen LogP contribution in [0.25, 0.3) is 5.69 Å². The number of Topliss-reactive ketones (excluding diaryl/α,β-unsaturated/α-hetero) is 1. The Kier molecular flexibility index (Phi) is 2.34. The molecule has 6 heteroatoms. The summed E-state index contributed by atoms with van der Waals surface area (Å²) in [6.45, 7) is 1.89. The summed E-state index contributed by atoms with van der Waals surface area (Å²) >= 11 is 1.41. The first-order valence-electron chi connectivity index (χ1n) is 5.50. The van der Waals surface area contributed by atoms with Gasteiger partial charge in [-0.1, -0.05) is 0 Å². The monoisotopic (exact) mass is 261 g/mol. The average molecular weight is 261 g/mol. The van der Waals surface area contributed by atoms with Crippen LogP contribution in [-0.4, -0.2) is 33.2 Å². The topological polar surface area (TPSA) is 55.2 Å². The number of aromatic nitrogens is 2. The second-order valence-corrected chi connectivity index (χ2v) is 5.18. The van der Waals surface area contributed by atoms with Crippen LogP contribution in [0, 0.1) is 0 Å². The molecule has 1 aliphatic heterocycles. The number of amides is 1. The van der Waals surface area contributed by atoms with Crippen LogP contribution < -0.4 is 0 Å². The number of rotatable bonds is 1. The number of nitrogens with zero attached hydrogens (tertiary/aromatic N) is 3. The summed E-state index contributed by atoms with van der Waals surface area (Å²) in [5.41, 5.74) is 2.02. The summed E-state index contributed by atoms with van der Waals surface area (Å²) in [6, 6.07) is 1.88. The molecule has 0 saturated carbocycles. The van der Waals surface area contributed by atoms with E-state index in [-0.39, 0.29) is 11.7 Å². The van der Waals surface area contributed by atoms with E-state index in [0.29, 0.717) is 17.1 Å². The lowest BCUT2D eigenvalue weighted by atomic mass is 10.2. The van der Waals surface area contributed by atoms with E-state index in [0.717, 1.165) is 11.4 Å². The molecule has 2 aromatic rings. The van der Waals surface area contributed by atoms with Gasteiger partial charge in [-0.25, -0.2) is 4.98 Å². The highest BCUT2D eigenvalue weighted by molar-refractivity contribution is 7.12. The Labute approximate surface area is 108 Å². The number of imidazole rings is 1. The van der Waals surface area contributed by atoms with E-state index >= 15 is 0 Å². The van der Waals surface area contributed by atoms with Gasteiger partial charge in [0.25, 0.3) is 5.91 Å². The van der Waals surface area contributed by atoms with E-state index in [2.05, 4.69) is 4.98 Å². The SMILES string of the molecule is CC(=O)c1ncn2c1CN(C)C(=O)c1sccc1-2. The molecule has 0 N–H and O–H groups in total. The van der Waals surface area contributed by atoms with E-state index in [1.165, 1.54) is 18.3 Å². The summed E-state index contributed by atoms with van der Waals surface area (Å²) < 4.78 is 1.84. The number of fused-ring (bicyclic) bond motifs is 3. The molecule has 0 atom stereocenters. The van der Waals surface area contributed by atoms with Crippen LogP contribution in [0.15, 0.2) is 17.8 Å². The molecule has 3 heterocycles. The van der Waals surface area contributed by atoms with Crippen LogP contribution >= 0.6 is 11.3 Å². The molecule has 0 saturated heterocycles. The Morgan fingerprint density at radius 3 is 3.00 bits per heavy atom. The third-order valence-corrected chi connectivity index (χ3v) is 3.92. The smallest absolute Gasteiger partial charge is 0.266 e. The molecule has 0 fully saturated rings. The predicted molar refractivity (Wildman–Crippen MR) is 67.2 cm³/mol. The Hall–Kier alpha value is -1.95. The van der Waals surface area contributed by atoms with Crippen LogP contribution in [0.5, 0.6) is 0 Å². The van der Waals surface area contributed by atoms with Crippen molar-refractivity contribution in [2.75, 3.05) is 7.05 Å². The third-order valence-electron chi connectivity index (χ3n) is 3.03. The Balaban J connectivity index is 2.28. The van der Waals surface area contributed by atoms with Gasteiger partial charge in [0.1, 0.15) is 16.9 Å². The molecule has 2 aromatic heterocycles. The maximum Gasteiger partial charge on any atom is 0.266 e. The molecule has 5 nitrogen and oxygen atoms in total. The van der Waals surface area contributed by atoms with E-state index in [1.54, 1.807) is 18.3 Å². The Bertz CT molecular complexity index is 656. The van der Waals surface area contributed by atoms with Gasteiger partial charge in [-0.2, -0.15) is 0 Å². The van der Waals surface area contributed by atoms with Gasteiger partial charge in [0.15, 0.2) is 5.78 Å². The summed E-state index contributed by atoms with van der Waals surface area (Å²) in [5, 5.41) is 1.87. The predicted octanol–water partition coefficient (Wildman–Crippen LogP) is 1.72. The maximum atomic E-state index is 12.2. The van der Waals surface area contributed by atoms with Crippen molar-refractivity contribution in [2.24, 2.45) is 0 Å². The molecule has 0 aromatic carbocycles. The van der Waals surface area contributed by atoms with Crippen LogP contribution in [0.1, 0.15) is 32.8 Å². The van der Waals surface area contributed by atoms with Gasteiger partial charge in [-0.3, -0.25) is 14.2 Å². The fourth-order valence-electron chi connectivity index (χ4n) is 2.15. The van der Waals surface area contributed by atoms with Gasteiger partial charge in [-0.05, 0) is 11.4 Å². The zero-order valence-electron chi connectivity index (χ0n) is 10.0. The quantitative estimate of drug-likeness (QED) is 0.734. The normalized spacial score (nSPS) is 14.1. The lowest BCUT2D eigenvalue weighted by molar-refractivity contribution is 0.0790. The molecule has 0 radical (unpaired) electrons. The second kappa shape index (κ2) is 3.78. The van der Waals surface area contributed by atoms with Gasteiger partial charge in [0.05, 0.1) is 17.9 Å². The first-order chi connectivity index (χ1) is 8.59. The molecule has 0 bridgehead atoms. The maximum absolute atomic E-state index is 12.2. The molecule has 1 aliphatic rings. The zero-order valence-corrected chi connectivity index (χ0v) is 10.8. The first kappa shape index (κ1) is 11.2. The largest absolute Gasteiger partial charge is 0.335 e. The number of ketones is 1. The van der Waals surface area contributed by atoms with Crippen LogP contribution in [0.4, 0.5) is 0 Å². The molecule has 18 heavy (non-hydrogen) atoms. The molecule has 3 rings (SSSR count). The molecule has 0 spiro atoms. The summed E-state index contributed by atoms with van der Waals surface area (Å²) in [5.74, 6) is -0.0959. The van der Waals surface area contributed by atoms with Crippen molar-refractivity contribution in [1.29, 1.82) is 0 Å². The number of hydrogen-bond acceptors (Lipinski definition) is 4. The van der Waals surface area contributed by atoms with Crippen molar-refractivity contribution in [3.8, 4) is 5.69 Å². The van der Waals surface area contributed by atoms with Gasteiger partial charge in [0.2, 0.25) is 0 Å². The molecule has 0 aliphatic carbocycles. The van der Waals surface area contributed by atoms with Crippen molar-refractivity contribution < 1.29 is 9.59 Å². The van der Waals surface area contributed by atoms with Crippen LogP contribution in [0.2, 0.25) is 0 Å².